The lowest BCUT2D eigenvalue weighted by Crippen LogP contribution is -2.51. The maximum Gasteiger partial charge on any atom is 0.0692 e. The molecule has 18 heavy (non-hydrogen) atoms. The smallest absolute Gasteiger partial charge is 0.0692 e. The molecule has 1 heterocycles. The minimum absolute atomic E-state index is 0.0845. The number of hydrogen-bond acceptors (Lipinski definition) is 3. The van der Waals surface area contributed by atoms with Crippen molar-refractivity contribution in [3.8, 4) is 0 Å². The van der Waals surface area contributed by atoms with E-state index in [1.54, 1.807) is 0 Å². The molecule has 100 valence electrons. The summed E-state index contributed by atoms with van der Waals surface area (Å²) in [5.41, 5.74) is 2.19. The van der Waals surface area contributed by atoms with Gasteiger partial charge >= 0.3 is 0 Å². The van der Waals surface area contributed by atoms with Crippen LogP contribution in [0.15, 0.2) is 22.7 Å². The van der Waals surface area contributed by atoms with Crippen LogP contribution < -0.4 is 4.90 Å². The highest BCUT2D eigenvalue weighted by Gasteiger charge is 2.23. The lowest BCUT2D eigenvalue weighted by atomic mass is 10.1. The Hall–Kier alpha value is -0.580. The third-order valence-corrected chi connectivity index (χ3v) is 4.56. The number of halogens is 1. The molecule has 1 aliphatic heterocycles. The minimum Gasteiger partial charge on any atom is -0.392 e. The maximum absolute atomic E-state index is 9.18. The minimum atomic E-state index is 0.0845. The van der Waals surface area contributed by atoms with Gasteiger partial charge in [0.1, 0.15) is 0 Å². The Morgan fingerprint density at radius 2 is 2.17 bits per heavy atom. The largest absolute Gasteiger partial charge is 0.392 e. The monoisotopic (exact) mass is 312 g/mol. The Morgan fingerprint density at radius 1 is 1.39 bits per heavy atom. The van der Waals surface area contributed by atoms with Crippen molar-refractivity contribution in [2.45, 2.75) is 26.0 Å². The van der Waals surface area contributed by atoms with Crippen LogP contribution in [0.3, 0.4) is 0 Å². The van der Waals surface area contributed by atoms with E-state index < -0.39 is 0 Å². The summed E-state index contributed by atoms with van der Waals surface area (Å²) in [7, 11) is 2.20. The Labute approximate surface area is 118 Å². The zero-order chi connectivity index (χ0) is 13.1. The second-order valence-electron chi connectivity index (χ2n) is 4.92. The molecule has 1 aliphatic rings. The van der Waals surface area contributed by atoms with Crippen LogP contribution in [0, 0.1) is 0 Å². The lowest BCUT2D eigenvalue weighted by Gasteiger charge is -2.40. The third kappa shape index (κ3) is 2.87. The molecule has 1 aromatic carbocycles. The first-order valence-electron chi connectivity index (χ1n) is 6.50. The van der Waals surface area contributed by atoms with E-state index in [0.29, 0.717) is 6.04 Å². The molecule has 0 aromatic heterocycles. The third-order valence-electron chi connectivity index (χ3n) is 3.82. The molecule has 0 saturated carbocycles. The van der Waals surface area contributed by atoms with Crippen molar-refractivity contribution in [1.82, 2.24) is 4.90 Å². The molecule has 1 atom stereocenters. The van der Waals surface area contributed by atoms with E-state index >= 15 is 0 Å². The standard InChI is InChI=1S/C14H21BrN2O/c1-3-12-9-17(7-6-16(12)2)13-5-4-11(10-18)14(15)8-13/h4-5,8,12,18H,3,6-7,9-10H2,1-2H3. The fourth-order valence-electron chi connectivity index (χ4n) is 2.48. The number of rotatable bonds is 3. The Morgan fingerprint density at radius 3 is 2.78 bits per heavy atom. The number of hydrogen-bond donors (Lipinski definition) is 1. The van der Waals surface area contributed by atoms with Gasteiger partial charge in [0.25, 0.3) is 0 Å². The molecule has 4 heteroatoms. The van der Waals surface area contributed by atoms with Gasteiger partial charge in [-0.25, -0.2) is 0 Å². The van der Waals surface area contributed by atoms with E-state index in [2.05, 4.69) is 51.8 Å². The molecule has 1 saturated heterocycles. The molecular formula is C14H21BrN2O. The zero-order valence-corrected chi connectivity index (χ0v) is 12.7. The summed E-state index contributed by atoms with van der Waals surface area (Å²) in [6.45, 7) is 5.59. The lowest BCUT2D eigenvalue weighted by molar-refractivity contribution is 0.213. The SMILES string of the molecule is CCC1CN(c2ccc(CO)c(Br)c2)CCN1C. The van der Waals surface area contributed by atoms with Gasteiger partial charge in [-0.05, 0) is 31.2 Å². The van der Waals surface area contributed by atoms with Gasteiger partial charge in [-0.15, -0.1) is 0 Å². The van der Waals surface area contributed by atoms with Crippen LogP contribution in [0.5, 0.6) is 0 Å². The van der Waals surface area contributed by atoms with Gasteiger partial charge in [0, 0.05) is 35.8 Å². The molecule has 0 radical (unpaired) electrons. The summed E-state index contributed by atoms with van der Waals surface area (Å²) in [6, 6.07) is 6.85. The molecule has 1 aromatic rings. The van der Waals surface area contributed by atoms with Gasteiger partial charge in [0.2, 0.25) is 0 Å². The summed E-state index contributed by atoms with van der Waals surface area (Å²) in [5, 5.41) is 9.18. The number of benzene rings is 1. The predicted molar refractivity (Wildman–Crippen MR) is 79.0 cm³/mol. The summed E-state index contributed by atoms with van der Waals surface area (Å²) in [4.78, 5) is 4.87. The molecule has 0 amide bonds. The zero-order valence-electron chi connectivity index (χ0n) is 11.1. The average molecular weight is 313 g/mol. The van der Waals surface area contributed by atoms with E-state index in [4.69, 9.17) is 0 Å². The Bertz CT molecular complexity index is 411. The molecule has 0 spiro atoms. The van der Waals surface area contributed by atoms with E-state index in [-0.39, 0.29) is 6.61 Å². The second kappa shape index (κ2) is 6.04. The van der Waals surface area contributed by atoms with Crippen LogP contribution in [-0.2, 0) is 6.61 Å². The fourth-order valence-corrected chi connectivity index (χ4v) is 2.97. The number of piperazine rings is 1. The van der Waals surface area contributed by atoms with Crippen LogP contribution in [0.4, 0.5) is 5.69 Å². The van der Waals surface area contributed by atoms with Gasteiger partial charge < -0.3 is 10.0 Å². The van der Waals surface area contributed by atoms with Crippen LogP contribution >= 0.6 is 15.9 Å². The highest BCUT2D eigenvalue weighted by molar-refractivity contribution is 9.10. The van der Waals surface area contributed by atoms with Crippen molar-refractivity contribution in [2.75, 3.05) is 31.6 Å². The van der Waals surface area contributed by atoms with Crippen molar-refractivity contribution in [1.29, 1.82) is 0 Å². The second-order valence-corrected chi connectivity index (χ2v) is 5.78. The van der Waals surface area contributed by atoms with E-state index in [1.165, 1.54) is 12.1 Å². The fraction of sp³-hybridized carbons (Fsp3) is 0.571. The molecule has 1 fully saturated rings. The number of likely N-dealkylation sites (N-methyl/N-ethyl adjacent to an activating group) is 1. The normalized spacial score (nSPS) is 21.3. The first-order chi connectivity index (χ1) is 8.65. The summed E-state index contributed by atoms with van der Waals surface area (Å²) in [6.07, 6.45) is 1.18. The van der Waals surface area contributed by atoms with E-state index in [1.807, 2.05) is 6.07 Å². The van der Waals surface area contributed by atoms with Gasteiger partial charge in [-0.3, -0.25) is 4.90 Å². The highest BCUT2D eigenvalue weighted by atomic mass is 79.9. The van der Waals surface area contributed by atoms with Gasteiger partial charge in [0.15, 0.2) is 0 Å². The van der Waals surface area contributed by atoms with Crippen LogP contribution in [0.2, 0.25) is 0 Å². The van der Waals surface area contributed by atoms with E-state index in [0.717, 1.165) is 29.7 Å². The molecule has 0 aliphatic carbocycles. The first kappa shape index (κ1) is 13.8. The highest BCUT2D eigenvalue weighted by Crippen LogP contribution is 2.26. The maximum atomic E-state index is 9.18. The summed E-state index contributed by atoms with van der Waals surface area (Å²) in [5.74, 6) is 0. The summed E-state index contributed by atoms with van der Waals surface area (Å²) < 4.78 is 0.995. The number of anilines is 1. The van der Waals surface area contributed by atoms with Gasteiger partial charge in [-0.1, -0.05) is 28.9 Å². The van der Waals surface area contributed by atoms with Crippen LogP contribution in [0.25, 0.3) is 0 Å². The first-order valence-corrected chi connectivity index (χ1v) is 7.29. The van der Waals surface area contributed by atoms with Crippen molar-refractivity contribution in [2.24, 2.45) is 0 Å². The number of nitrogens with zero attached hydrogens (tertiary/aromatic N) is 2. The van der Waals surface area contributed by atoms with Crippen molar-refractivity contribution >= 4 is 21.6 Å². The Kier molecular flexibility index (Phi) is 4.65. The quantitative estimate of drug-likeness (QED) is 0.929. The molecule has 0 bridgehead atoms. The van der Waals surface area contributed by atoms with Gasteiger partial charge in [-0.2, -0.15) is 0 Å². The van der Waals surface area contributed by atoms with Crippen molar-refractivity contribution < 1.29 is 5.11 Å². The predicted octanol–water partition coefficient (Wildman–Crippen LogP) is 2.47. The number of aliphatic hydroxyl groups is 1. The van der Waals surface area contributed by atoms with Crippen LogP contribution in [-0.4, -0.2) is 42.7 Å². The van der Waals surface area contributed by atoms with E-state index in [9.17, 15) is 5.11 Å². The number of aliphatic hydroxyl groups excluding tert-OH is 1. The van der Waals surface area contributed by atoms with Crippen molar-refractivity contribution in [3.63, 3.8) is 0 Å². The molecular weight excluding hydrogens is 292 g/mol. The van der Waals surface area contributed by atoms with Crippen LogP contribution in [0.1, 0.15) is 18.9 Å². The Balaban J connectivity index is 2.14. The molecule has 1 N–H and O–H groups in total. The van der Waals surface area contributed by atoms with Gasteiger partial charge in [0.05, 0.1) is 6.61 Å². The molecule has 1 unspecified atom stereocenters. The average Bonchev–Trinajstić information content (AvgIpc) is 2.39. The molecule has 2 rings (SSSR count). The van der Waals surface area contributed by atoms with Crippen molar-refractivity contribution in [3.05, 3.63) is 28.2 Å². The topological polar surface area (TPSA) is 26.7 Å². The molecule has 3 nitrogen and oxygen atoms in total. The summed E-state index contributed by atoms with van der Waals surface area (Å²) >= 11 is 3.52.